The molecular weight excluding hydrogens is 329 g/mol. The maximum Gasteiger partial charge on any atom is 0.154 e. The Labute approximate surface area is 144 Å². The second-order valence-corrected chi connectivity index (χ2v) is 5.66. The van der Waals surface area contributed by atoms with Crippen molar-refractivity contribution in [2.45, 2.75) is 0 Å². The maximum absolute atomic E-state index is 6.14. The number of halogens is 2. The van der Waals surface area contributed by atoms with E-state index in [1.54, 1.807) is 12.3 Å². The molecule has 0 aliphatic rings. The highest BCUT2D eigenvalue weighted by atomic mass is 35.5. The molecule has 0 bridgehead atoms. The lowest BCUT2D eigenvalue weighted by atomic mass is 10.0. The highest BCUT2D eigenvalue weighted by molar-refractivity contribution is 6.32. The molecule has 2 N–H and O–H groups in total. The van der Waals surface area contributed by atoms with E-state index in [4.69, 9.17) is 28.9 Å². The second-order valence-electron chi connectivity index (χ2n) is 4.87. The van der Waals surface area contributed by atoms with Crippen LogP contribution < -0.4 is 5.73 Å². The number of hydrogen-bond acceptors (Lipinski definition) is 3. The van der Waals surface area contributed by atoms with E-state index in [9.17, 15) is 0 Å². The van der Waals surface area contributed by atoms with Gasteiger partial charge in [0, 0.05) is 28.0 Å². The van der Waals surface area contributed by atoms with Gasteiger partial charge in [-0.15, -0.1) is 0 Å². The van der Waals surface area contributed by atoms with Crippen molar-refractivity contribution >= 4 is 40.3 Å². The average Bonchev–Trinajstić information content (AvgIpc) is 2.56. The monoisotopic (exact) mass is 341 g/mol. The largest absolute Gasteiger partial charge is 0.398 e. The molecule has 0 amide bonds. The lowest BCUT2D eigenvalue weighted by Crippen LogP contribution is -2.06. The van der Waals surface area contributed by atoms with Crippen LogP contribution in [0.25, 0.3) is 0 Å². The lowest BCUT2D eigenvalue weighted by Gasteiger charge is -2.11. The van der Waals surface area contributed by atoms with Crippen LogP contribution in [-0.4, -0.2) is 10.7 Å². The van der Waals surface area contributed by atoms with Crippen molar-refractivity contribution in [1.29, 1.82) is 0 Å². The number of nitrogens with two attached hydrogens (primary N) is 1. The van der Waals surface area contributed by atoms with Gasteiger partial charge in [0.1, 0.15) is 5.69 Å². The van der Waals surface area contributed by atoms with Gasteiger partial charge in [0.25, 0.3) is 0 Å². The van der Waals surface area contributed by atoms with Crippen LogP contribution in [0.4, 0.5) is 11.4 Å². The lowest BCUT2D eigenvalue weighted by molar-refractivity contribution is 1.30. The smallest absolute Gasteiger partial charge is 0.154 e. The standard InChI is InChI=1S/C18H13Cl2N3/c19-13-9-7-12(8-10-13)17(14-4-1-2-5-15(14)21)23-16-6-3-11-22-18(16)20/h1-11H,21H2/b23-17-. The van der Waals surface area contributed by atoms with Gasteiger partial charge in [0.15, 0.2) is 5.15 Å². The van der Waals surface area contributed by atoms with E-state index in [1.807, 2.05) is 54.6 Å². The van der Waals surface area contributed by atoms with Gasteiger partial charge in [-0.25, -0.2) is 9.98 Å². The molecule has 0 unspecified atom stereocenters. The second kappa shape index (κ2) is 6.82. The van der Waals surface area contributed by atoms with Crippen molar-refractivity contribution in [2.75, 3.05) is 5.73 Å². The summed E-state index contributed by atoms with van der Waals surface area (Å²) < 4.78 is 0. The Balaban J connectivity index is 2.20. The fraction of sp³-hybridized carbons (Fsp3) is 0. The van der Waals surface area contributed by atoms with Crippen molar-refractivity contribution in [1.82, 2.24) is 4.98 Å². The summed E-state index contributed by atoms with van der Waals surface area (Å²) in [5, 5.41) is 1.00. The van der Waals surface area contributed by atoms with Crippen LogP contribution >= 0.6 is 23.2 Å². The van der Waals surface area contributed by atoms with Gasteiger partial charge in [0.2, 0.25) is 0 Å². The van der Waals surface area contributed by atoms with Crippen LogP contribution in [0.2, 0.25) is 10.2 Å². The van der Waals surface area contributed by atoms with E-state index >= 15 is 0 Å². The predicted molar refractivity (Wildman–Crippen MR) is 96.9 cm³/mol. The van der Waals surface area contributed by atoms with Crippen LogP contribution in [0, 0.1) is 0 Å². The third-order valence-electron chi connectivity index (χ3n) is 3.31. The SMILES string of the molecule is Nc1ccccc1/C(=N\c1cccnc1Cl)c1ccc(Cl)cc1. The van der Waals surface area contributed by atoms with E-state index in [2.05, 4.69) is 9.98 Å². The number of nitrogens with zero attached hydrogens (tertiary/aromatic N) is 2. The van der Waals surface area contributed by atoms with E-state index in [0.29, 0.717) is 21.6 Å². The first-order chi connectivity index (χ1) is 11.1. The number of pyridine rings is 1. The Kier molecular flexibility index (Phi) is 4.60. The number of benzene rings is 2. The molecule has 3 nitrogen and oxygen atoms in total. The first-order valence-electron chi connectivity index (χ1n) is 6.95. The molecule has 0 spiro atoms. The van der Waals surface area contributed by atoms with Crippen molar-refractivity contribution in [3.63, 3.8) is 0 Å². The van der Waals surface area contributed by atoms with E-state index < -0.39 is 0 Å². The highest BCUT2D eigenvalue weighted by Gasteiger charge is 2.11. The number of para-hydroxylation sites is 1. The minimum atomic E-state index is 0.341. The number of nitrogen functional groups attached to an aromatic ring is 1. The van der Waals surface area contributed by atoms with Crippen LogP contribution in [0.5, 0.6) is 0 Å². The zero-order chi connectivity index (χ0) is 16.2. The summed E-state index contributed by atoms with van der Waals surface area (Å²) in [5.41, 5.74) is 9.79. The Bertz CT molecular complexity index is 858. The van der Waals surface area contributed by atoms with Gasteiger partial charge in [-0.05, 0) is 30.3 Å². The molecule has 1 heterocycles. The molecule has 23 heavy (non-hydrogen) atoms. The minimum Gasteiger partial charge on any atom is -0.398 e. The summed E-state index contributed by atoms with van der Waals surface area (Å²) in [4.78, 5) is 8.75. The molecule has 0 aliphatic heterocycles. The van der Waals surface area contributed by atoms with Crippen molar-refractivity contribution in [3.8, 4) is 0 Å². The van der Waals surface area contributed by atoms with Crippen molar-refractivity contribution in [2.24, 2.45) is 4.99 Å². The van der Waals surface area contributed by atoms with Gasteiger partial charge < -0.3 is 5.73 Å². The summed E-state index contributed by atoms with van der Waals surface area (Å²) >= 11 is 12.1. The first kappa shape index (κ1) is 15.5. The van der Waals surface area contributed by atoms with Crippen molar-refractivity contribution < 1.29 is 0 Å². The Hall–Kier alpha value is -2.36. The summed E-state index contributed by atoms with van der Waals surface area (Å²) in [5.74, 6) is 0. The maximum atomic E-state index is 6.14. The normalized spacial score (nSPS) is 11.5. The minimum absolute atomic E-state index is 0.341. The average molecular weight is 342 g/mol. The third kappa shape index (κ3) is 3.52. The number of anilines is 1. The fourth-order valence-corrected chi connectivity index (χ4v) is 2.47. The summed E-state index contributed by atoms with van der Waals surface area (Å²) in [6.07, 6.45) is 1.63. The summed E-state index contributed by atoms with van der Waals surface area (Å²) in [7, 11) is 0. The zero-order valence-electron chi connectivity index (χ0n) is 12.1. The first-order valence-corrected chi connectivity index (χ1v) is 7.71. The molecule has 3 aromatic rings. The molecule has 3 rings (SSSR count). The molecule has 0 atom stereocenters. The Morgan fingerprint density at radius 3 is 2.35 bits per heavy atom. The van der Waals surface area contributed by atoms with Gasteiger partial charge in [-0.3, -0.25) is 0 Å². The van der Waals surface area contributed by atoms with Gasteiger partial charge in [0.05, 0.1) is 5.71 Å². The predicted octanol–water partition coefficient (Wildman–Crippen LogP) is 5.14. The number of rotatable bonds is 3. The summed E-state index contributed by atoms with van der Waals surface area (Å²) in [6, 6.07) is 18.6. The molecular formula is C18H13Cl2N3. The number of hydrogen-bond donors (Lipinski definition) is 1. The fourth-order valence-electron chi connectivity index (χ4n) is 2.18. The number of aliphatic imine (C=N–C) groups is 1. The Morgan fingerprint density at radius 2 is 1.65 bits per heavy atom. The topological polar surface area (TPSA) is 51.3 Å². The molecule has 114 valence electrons. The molecule has 5 heteroatoms. The van der Waals surface area contributed by atoms with Gasteiger partial charge >= 0.3 is 0 Å². The third-order valence-corrected chi connectivity index (χ3v) is 3.85. The molecule has 0 fully saturated rings. The van der Waals surface area contributed by atoms with E-state index in [1.165, 1.54) is 0 Å². The molecule has 0 saturated carbocycles. The van der Waals surface area contributed by atoms with Crippen LogP contribution in [0.15, 0.2) is 71.9 Å². The van der Waals surface area contributed by atoms with Crippen molar-refractivity contribution in [3.05, 3.63) is 88.2 Å². The van der Waals surface area contributed by atoms with E-state index in [-0.39, 0.29) is 0 Å². The highest BCUT2D eigenvalue weighted by Crippen LogP contribution is 2.26. The summed E-state index contributed by atoms with van der Waals surface area (Å²) in [6.45, 7) is 0. The zero-order valence-corrected chi connectivity index (χ0v) is 13.6. The molecule has 0 radical (unpaired) electrons. The molecule has 0 saturated heterocycles. The molecule has 2 aromatic carbocycles. The molecule has 0 aliphatic carbocycles. The quantitative estimate of drug-likeness (QED) is 0.407. The number of aromatic nitrogens is 1. The van der Waals surface area contributed by atoms with Gasteiger partial charge in [-0.2, -0.15) is 0 Å². The van der Waals surface area contributed by atoms with Gasteiger partial charge in [-0.1, -0.05) is 53.5 Å². The molecule has 1 aromatic heterocycles. The Morgan fingerprint density at radius 1 is 0.913 bits per heavy atom. The van der Waals surface area contributed by atoms with Crippen LogP contribution in [0.3, 0.4) is 0 Å². The van der Waals surface area contributed by atoms with Crippen LogP contribution in [0.1, 0.15) is 11.1 Å². The van der Waals surface area contributed by atoms with Crippen LogP contribution in [-0.2, 0) is 0 Å². The van der Waals surface area contributed by atoms with E-state index in [0.717, 1.165) is 16.8 Å².